The summed E-state index contributed by atoms with van der Waals surface area (Å²) in [6.45, 7) is 0. The summed E-state index contributed by atoms with van der Waals surface area (Å²) in [5, 5.41) is 7.14. The largest absolute Gasteiger partial charge is 0.389 e. The van der Waals surface area contributed by atoms with Gasteiger partial charge in [-0.3, -0.25) is 0 Å². The maximum Gasteiger partial charge on any atom is 0.189 e. The van der Waals surface area contributed by atoms with Gasteiger partial charge in [0, 0.05) is 15.5 Å². The minimum Gasteiger partial charge on any atom is -0.389 e. The molecule has 0 aliphatic carbocycles. The number of benzene rings is 2. The normalized spacial score (nSPS) is 10.7. The van der Waals surface area contributed by atoms with Crippen molar-refractivity contribution in [2.24, 2.45) is 0 Å². The van der Waals surface area contributed by atoms with Crippen molar-refractivity contribution in [1.82, 2.24) is 4.98 Å². The van der Waals surface area contributed by atoms with Gasteiger partial charge in [-0.15, -0.1) is 0 Å². The second-order valence-corrected chi connectivity index (χ2v) is 5.75. The molecule has 5 heteroatoms. The molecule has 2 aromatic carbocycles. The predicted molar refractivity (Wildman–Crippen MR) is 81.5 cm³/mol. The number of hydrogen-bond donors (Lipinski definition) is 2. The third-order valence-electron chi connectivity index (χ3n) is 2.64. The third kappa shape index (κ3) is 2.07. The van der Waals surface area contributed by atoms with Crippen LogP contribution < -0.4 is 11.1 Å². The number of aromatic nitrogens is 1. The summed E-state index contributed by atoms with van der Waals surface area (Å²) >= 11 is 5.00. The van der Waals surface area contributed by atoms with Crippen LogP contribution >= 0.6 is 27.3 Å². The van der Waals surface area contributed by atoms with E-state index in [4.69, 9.17) is 5.73 Å². The van der Waals surface area contributed by atoms with E-state index < -0.39 is 0 Å². The summed E-state index contributed by atoms with van der Waals surface area (Å²) < 4.78 is 1.09. The fraction of sp³-hybridized carbons (Fsp3) is 0. The van der Waals surface area contributed by atoms with Crippen LogP contribution in [0.4, 0.5) is 15.8 Å². The Morgan fingerprint density at radius 3 is 2.61 bits per heavy atom. The van der Waals surface area contributed by atoms with Crippen molar-refractivity contribution in [3.63, 3.8) is 0 Å². The van der Waals surface area contributed by atoms with Crippen molar-refractivity contribution in [1.29, 1.82) is 0 Å². The number of thiazole rings is 1. The Balaban J connectivity index is 2.09. The number of hydrogen-bond acceptors (Lipinski definition) is 4. The molecule has 3 nitrogen and oxygen atoms in total. The second kappa shape index (κ2) is 4.59. The van der Waals surface area contributed by atoms with E-state index in [1.807, 2.05) is 24.3 Å². The molecule has 3 aromatic rings. The van der Waals surface area contributed by atoms with E-state index in [0.717, 1.165) is 20.7 Å². The molecule has 3 N–H and O–H groups in total. The van der Waals surface area contributed by atoms with Gasteiger partial charge in [0.15, 0.2) is 5.13 Å². The molecule has 0 aliphatic heterocycles. The van der Waals surface area contributed by atoms with Gasteiger partial charge in [-0.05, 0) is 17.5 Å². The lowest BCUT2D eigenvalue weighted by Crippen LogP contribution is -1.90. The Labute approximate surface area is 117 Å². The maximum atomic E-state index is 5.68. The lowest BCUT2D eigenvalue weighted by molar-refractivity contribution is 1.40. The lowest BCUT2D eigenvalue weighted by Gasteiger charge is -2.08. The number of fused-ring (bicyclic) bond motifs is 1. The molecule has 90 valence electrons. The molecule has 0 saturated heterocycles. The van der Waals surface area contributed by atoms with Crippen LogP contribution in [0.1, 0.15) is 0 Å². The molecule has 1 heterocycles. The minimum absolute atomic E-state index is 0.707. The van der Waals surface area contributed by atoms with Gasteiger partial charge in [0.1, 0.15) is 5.00 Å². The van der Waals surface area contributed by atoms with Gasteiger partial charge in [-0.25, -0.2) is 4.98 Å². The first-order valence-electron chi connectivity index (χ1n) is 5.39. The molecule has 0 radical (unpaired) electrons. The van der Waals surface area contributed by atoms with Crippen LogP contribution in [-0.4, -0.2) is 4.98 Å². The van der Waals surface area contributed by atoms with Crippen LogP contribution in [0.5, 0.6) is 0 Å². The SMILES string of the molecule is Nc1cnc(Nc2ccc(Br)c3ccccc23)s1. The van der Waals surface area contributed by atoms with Crippen LogP contribution in [0.15, 0.2) is 47.1 Å². The molecule has 0 unspecified atom stereocenters. The first-order chi connectivity index (χ1) is 8.74. The topological polar surface area (TPSA) is 50.9 Å². The number of rotatable bonds is 2. The van der Waals surface area contributed by atoms with Crippen molar-refractivity contribution < 1.29 is 0 Å². The summed E-state index contributed by atoms with van der Waals surface area (Å²) in [6.07, 6.45) is 1.66. The van der Waals surface area contributed by atoms with E-state index in [0.29, 0.717) is 5.00 Å². The van der Waals surface area contributed by atoms with E-state index in [1.54, 1.807) is 6.20 Å². The number of halogens is 1. The van der Waals surface area contributed by atoms with Crippen molar-refractivity contribution >= 4 is 53.9 Å². The fourth-order valence-electron chi connectivity index (χ4n) is 1.83. The Bertz CT molecular complexity index is 708. The fourth-order valence-corrected chi connectivity index (χ4v) is 2.90. The van der Waals surface area contributed by atoms with E-state index in [2.05, 4.69) is 38.4 Å². The van der Waals surface area contributed by atoms with Crippen molar-refractivity contribution in [3.8, 4) is 0 Å². The van der Waals surface area contributed by atoms with E-state index in [9.17, 15) is 0 Å². The maximum absolute atomic E-state index is 5.68. The predicted octanol–water partition coefficient (Wildman–Crippen LogP) is 4.38. The van der Waals surface area contributed by atoms with Crippen molar-refractivity contribution in [2.45, 2.75) is 0 Å². The highest BCUT2D eigenvalue weighted by Gasteiger charge is 2.05. The van der Waals surface area contributed by atoms with Gasteiger partial charge >= 0.3 is 0 Å². The van der Waals surface area contributed by atoms with Gasteiger partial charge in [-0.2, -0.15) is 0 Å². The minimum atomic E-state index is 0.707. The summed E-state index contributed by atoms with van der Waals surface area (Å²) in [7, 11) is 0. The molecule has 18 heavy (non-hydrogen) atoms. The highest BCUT2D eigenvalue weighted by molar-refractivity contribution is 9.10. The van der Waals surface area contributed by atoms with E-state index >= 15 is 0 Å². The molecule has 1 aromatic heterocycles. The highest BCUT2D eigenvalue weighted by Crippen LogP contribution is 2.32. The summed E-state index contributed by atoms with van der Waals surface area (Å²) in [4.78, 5) is 4.21. The molecule has 0 bridgehead atoms. The van der Waals surface area contributed by atoms with Gasteiger partial charge in [0.25, 0.3) is 0 Å². The zero-order valence-corrected chi connectivity index (χ0v) is 11.8. The zero-order chi connectivity index (χ0) is 12.5. The Hall–Kier alpha value is -1.59. The van der Waals surface area contributed by atoms with Crippen LogP contribution in [0.3, 0.4) is 0 Å². The zero-order valence-electron chi connectivity index (χ0n) is 9.35. The summed E-state index contributed by atoms with van der Waals surface area (Å²) in [5.41, 5.74) is 6.71. The molecule has 0 spiro atoms. The highest BCUT2D eigenvalue weighted by atomic mass is 79.9. The molecule has 0 saturated carbocycles. The molecule has 0 atom stereocenters. The Morgan fingerprint density at radius 1 is 1.11 bits per heavy atom. The average molecular weight is 320 g/mol. The van der Waals surface area contributed by atoms with Gasteiger partial charge < -0.3 is 11.1 Å². The number of nitrogens with zero attached hydrogens (tertiary/aromatic N) is 1. The number of anilines is 3. The standard InChI is InChI=1S/C13H10BrN3S/c14-10-5-6-11(9-4-2-1-3-8(9)10)17-13-16-7-12(15)18-13/h1-7H,15H2,(H,16,17). The van der Waals surface area contributed by atoms with E-state index in [1.165, 1.54) is 16.7 Å². The van der Waals surface area contributed by atoms with Crippen LogP contribution in [0.2, 0.25) is 0 Å². The number of nitrogens with one attached hydrogen (secondary N) is 1. The first kappa shape index (κ1) is 11.5. The number of nitrogen functional groups attached to an aromatic ring is 1. The van der Waals surface area contributed by atoms with Gasteiger partial charge in [-0.1, -0.05) is 51.5 Å². The smallest absolute Gasteiger partial charge is 0.189 e. The average Bonchev–Trinajstić information content (AvgIpc) is 2.79. The Morgan fingerprint density at radius 2 is 1.89 bits per heavy atom. The summed E-state index contributed by atoms with van der Waals surface area (Å²) in [5.74, 6) is 0. The van der Waals surface area contributed by atoms with Gasteiger partial charge in [0.05, 0.1) is 6.20 Å². The molecule has 0 fully saturated rings. The molecule has 3 rings (SSSR count). The Kier molecular flexibility index (Phi) is 2.93. The number of nitrogens with two attached hydrogens (primary N) is 1. The monoisotopic (exact) mass is 319 g/mol. The lowest BCUT2D eigenvalue weighted by atomic mass is 10.1. The van der Waals surface area contributed by atoms with Crippen LogP contribution in [0.25, 0.3) is 10.8 Å². The van der Waals surface area contributed by atoms with E-state index in [-0.39, 0.29) is 0 Å². The van der Waals surface area contributed by atoms with Gasteiger partial charge in [0.2, 0.25) is 0 Å². The quantitative estimate of drug-likeness (QED) is 0.736. The summed E-state index contributed by atoms with van der Waals surface area (Å²) in [6, 6.07) is 12.3. The molecule has 0 amide bonds. The second-order valence-electron chi connectivity index (χ2n) is 3.83. The van der Waals surface area contributed by atoms with Crippen molar-refractivity contribution in [2.75, 3.05) is 11.1 Å². The van der Waals surface area contributed by atoms with Crippen LogP contribution in [0, 0.1) is 0 Å². The first-order valence-corrected chi connectivity index (χ1v) is 7.00. The molecular formula is C13H10BrN3S. The van der Waals surface area contributed by atoms with Crippen LogP contribution in [-0.2, 0) is 0 Å². The third-order valence-corrected chi connectivity index (χ3v) is 4.07. The molecular weight excluding hydrogens is 310 g/mol. The van der Waals surface area contributed by atoms with Crippen molar-refractivity contribution in [3.05, 3.63) is 47.1 Å². The molecule has 0 aliphatic rings.